The first-order chi connectivity index (χ1) is 35.0. The van der Waals surface area contributed by atoms with Crippen LogP contribution in [0.15, 0.2) is 84.9 Å². The number of aliphatic hydroxyl groups is 2. The molecule has 4 heterocycles. The van der Waals surface area contributed by atoms with Crippen molar-refractivity contribution in [3.05, 3.63) is 124 Å². The Morgan fingerprint density at radius 3 is 1.43 bits per heavy atom. The molecule has 2 N–H and O–H groups in total. The maximum atomic E-state index is 13.0. The quantitative estimate of drug-likeness (QED) is 0.0993. The first-order valence-electron chi connectivity index (χ1n) is 23.1. The van der Waals surface area contributed by atoms with Crippen molar-refractivity contribution < 1.29 is 81.3 Å². The molecule has 0 saturated heterocycles. The number of hydrogen-bond donors (Lipinski definition) is 2. The normalized spacial score (nSPS) is 22.1. The van der Waals surface area contributed by atoms with Gasteiger partial charge in [-0.1, -0.05) is 18.2 Å². The molecule has 4 aliphatic rings. The van der Waals surface area contributed by atoms with Crippen molar-refractivity contribution in [2.75, 3.05) is 71.1 Å². The summed E-state index contributed by atoms with van der Waals surface area (Å²) in [5, 5.41) is 26.0. The topological polar surface area (TPSA) is 179 Å². The Labute approximate surface area is 416 Å². The second-order valence-corrected chi connectivity index (χ2v) is 17.4. The van der Waals surface area contributed by atoms with Gasteiger partial charge in [0, 0.05) is 47.9 Å². The van der Waals surface area contributed by atoms with Gasteiger partial charge in [0.15, 0.2) is 46.7 Å². The molecule has 0 aromatic heterocycles. The van der Waals surface area contributed by atoms with Crippen LogP contribution in [0.25, 0.3) is 0 Å². The van der Waals surface area contributed by atoms with Crippen molar-refractivity contribution in [2.45, 2.75) is 55.1 Å². The molecule has 0 radical (unpaired) electrons. The van der Waals surface area contributed by atoms with Crippen molar-refractivity contribution in [3.63, 3.8) is 0 Å². The molecule has 10 rings (SSSR count). The summed E-state index contributed by atoms with van der Waals surface area (Å²) >= 11 is 0. The number of benzene rings is 6. The van der Waals surface area contributed by atoms with Gasteiger partial charge in [-0.05, 0) is 53.1 Å². The van der Waals surface area contributed by atoms with E-state index in [1.807, 2.05) is 24.3 Å². The van der Waals surface area contributed by atoms with Crippen LogP contribution >= 0.6 is 0 Å². The lowest BCUT2D eigenvalue weighted by Gasteiger charge is -2.45. The molecule has 4 aliphatic heterocycles. The maximum Gasteiger partial charge on any atom is 0.161 e. The van der Waals surface area contributed by atoms with E-state index in [9.17, 15) is 10.2 Å². The van der Waals surface area contributed by atoms with Gasteiger partial charge < -0.3 is 81.3 Å². The van der Waals surface area contributed by atoms with E-state index in [4.69, 9.17) is 71.1 Å². The average Bonchev–Trinajstić information content (AvgIpc) is 3.42. The van der Waals surface area contributed by atoms with Crippen LogP contribution in [0.3, 0.4) is 0 Å². The molecule has 0 amide bonds. The van der Waals surface area contributed by atoms with Crippen molar-refractivity contribution in [1.29, 1.82) is 0 Å². The van der Waals surface area contributed by atoms with E-state index in [2.05, 4.69) is 0 Å². The van der Waals surface area contributed by atoms with Crippen LogP contribution in [0, 0.1) is 0 Å². The van der Waals surface area contributed by atoms with Gasteiger partial charge in [-0.15, -0.1) is 0 Å². The predicted octanol–water partition coefficient (Wildman–Crippen LogP) is 9.32. The minimum atomic E-state index is -1.41. The highest BCUT2D eigenvalue weighted by atomic mass is 16.6. The summed E-state index contributed by atoms with van der Waals surface area (Å²) < 4.78 is 92.5. The van der Waals surface area contributed by atoms with Crippen LogP contribution < -0.4 is 66.3 Å². The zero-order chi connectivity index (χ0) is 50.5. The number of ether oxygens (including phenoxy) is 15. The van der Waals surface area contributed by atoms with Crippen LogP contribution in [0.2, 0.25) is 0 Å². The predicted molar refractivity (Wildman–Crippen MR) is 259 cm³/mol. The van der Waals surface area contributed by atoms with Gasteiger partial charge in [-0.2, -0.15) is 0 Å². The largest absolute Gasteiger partial charge is 0.496 e. The average molecular weight is 989 g/mol. The third-order valence-electron chi connectivity index (χ3n) is 13.8. The molecule has 0 spiro atoms. The molecule has 6 aromatic carbocycles. The highest BCUT2D eigenvalue weighted by molar-refractivity contribution is 5.71. The molecule has 72 heavy (non-hydrogen) atoms. The minimum Gasteiger partial charge on any atom is -0.496 e. The smallest absolute Gasteiger partial charge is 0.161 e. The summed E-state index contributed by atoms with van der Waals surface area (Å²) in [5.74, 6) is 5.57. The highest BCUT2D eigenvalue weighted by Crippen LogP contribution is 2.64. The first kappa shape index (κ1) is 48.0. The first-order valence-corrected chi connectivity index (χ1v) is 23.1. The zero-order valence-electron chi connectivity index (χ0n) is 41.4. The second-order valence-electron chi connectivity index (χ2n) is 17.4. The maximum absolute atomic E-state index is 13.0. The van der Waals surface area contributed by atoms with Crippen LogP contribution in [-0.2, 0) is 4.74 Å². The molecule has 6 aromatic rings. The van der Waals surface area contributed by atoms with Crippen LogP contribution in [0.4, 0.5) is 0 Å². The molecule has 0 fully saturated rings. The molecule has 17 nitrogen and oxygen atoms in total. The Morgan fingerprint density at radius 1 is 0.403 bits per heavy atom. The third-order valence-corrected chi connectivity index (χ3v) is 13.8. The fraction of sp³-hybridized carbons (Fsp3) is 0.345. The van der Waals surface area contributed by atoms with E-state index in [0.717, 1.165) is 5.56 Å². The van der Waals surface area contributed by atoms with Crippen LogP contribution in [0.5, 0.6) is 86.2 Å². The Bertz CT molecular complexity index is 3010. The van der Waals surface area contributed by atoms with E-state index in [1.54, 1.807) is 118 Å². The molecule has 8 unspecified atom stereocenters. The molecule has 0 saturated carbocycles. The van der Waals surface area contributed by atoms with Crippen LogP contribution in [-0.4, -0.2) is 93.5 Å². The Hall–Kier alpha value is -7.60. The van der Waals surface area contributed by atoms with Gasteiger partial charge in [-0.25, -0.2) is 0 Å². The Kier molecular flexibility index (Phi) is 13.0. The van der Waals surface area contributed by atoms with Crippen LogP contribution in [0.1, 0.15) is 81.8 Å². The van der Waals surface area contributed by atoms with Gasteiger partial charge >= 0.3 is 0 Å². The molecule has 378 valence electrons. The lowest BCUT2D eigenvalue weighted by Crippen LogP contribution is -2.40. The van der Waals surface area contributed by atoms with E-state index < -0.39 is 48.6 Å². The van der Waals surface area contributed by atoms with Gasteiger partial charge in [0.05, 0.1) is 94.2 Å². The number of rotatable bonds is 15. The third kappa shape index (κ3) is 8.01. The molecule has 8 atom stereocenters. The summed E-state index contributed by atoms with van der Waals surface area (Å²) in [6, 6.07) is 25.0. The summed E-state index contributed by atoms with van der Waals surface area (Å²) in [4.78, 5) is 0. The van der Waals surface area contributed by atoms with E-state index in [1.165, 1.54) is 14.2 Å². The molecule has 0 bridgehead atoms. The van der Waals surface area contributed by atoms with Crippen molar-refractivity contribution in [1.82, 2.24) is 0 Å². The second kappa shape index (κ2) is 19.5. The van der Waals surface area contributed by atoms with E-state index >= 15 is 0 Å². The highest BCUT2D eigenvalue weighted by Gasteiger charge is 2.52. The van der Waals surface area contributed by atoms with Gasteiger partial charge in [-0.3, -0.25) is 0 Å². The Balaban J connectivity index is 1.18. The van der Waals surface area contributed by atoms with Crippen molar-refractivity contribution in [2.24, 2.45) is 0 Å². The SMILES string of the molecule is COc1cc(OC)c2c(c1)OC(c1ccc(OC)c(OC)c1)CC2OC1c2c(OC)cc3c(c2OC(c2ccc(OC)c(OC)c2)C1O)C1c2c(cc(OC)cc2OC(c2ccc(OC)c(OC)c2)C1O)O3. The standard InChI is InChI=1S/C55H56O17/c1-58-29-20-38(66-9)45-40(21-29)68-34(26-11-14-31(60-3)35(17-26)63-6)24-43(45)71-55-48-39(67-10)25-44-47(54(48)72-53(51(55)57)28-13-16-33(62-5)37(19-28)65-8)49-46-41(69-44)22-30(59-2)23-42(46)70-52(50(49)56)27-12-15-32(61-4)36(18-27)64-7/h11-23,25,34,43,49-53,55-57H,24H2,1-10H3. The molecule has 17 heteroatoms. The molecule has 0 aliphatic carbocycles. The van der Waals surface area contributed by atoms with Crippen molar-refractivity contribution in [3.8, 4) is 86.2 Å². The zero-order valence-corrected chi connectivity index (χ0v) is 41.4. The molecular weight excluding hydrogens is 933 g/mol. The summed E-state index contributed by atoms with van der Waals surface area (Å²) in [7, 11) is 15.5. The fourth-order valence-electron chi connectivity index (χ4n) is 10.4. The summed E-state index contributed by atoms with van der Waals surface area (Å²) in [6.07, 6.45) is -7.12. The fourth-order valence-corrected chi connectivity index (χ4v) is 10.4. The van der Waals surface area contributed by atoms with Gasteiger partial charge in [0.2, 0.25) is 0 Å². The number of methoxy groups -OCH3 is 10. The van der Waals surface area contributed by atoms with Gasteiger partial charge in [0.25, 0.3) is 0 Å². The van der Waals surface area contributed by atoms with E-state index in [-0.39, 0.29) is 17.9 Å². The number of aliphatic hydroxyl groups excluding tert-OH is 2. The lowest BCUT2D eigenvalue weighted by atomic mass is 9.76. The molecular formula is C55H56O17. The lowest BCUT2D eigenvalue weighted by molar-refractivity contribution is -0.141. The van der Waals surface area contributed by atoms with E-state index in [0.29, 0.717) is 108 Å². The van der Waals surface area contributed by atoms with Gasteiger partial charge in [0.1, 0.15) is 76.2 Å². The summed E-state index contributed by atoms with van der Waals surface area (Å²) in [5.41, 5.74) is 3.90. The Morgan fingerprint density at radius 2 is 0.875 bits per heavy atom. The summed E-state index contributed by atoms with van der Waals surface area (Å²) in [6.45, 7) is 0. The number of hydrogen-bond acceptors (Lipinski definition) is 17. The number of fused-ring (bicyclic) bond motifs is 5. The monoisotopic (exact) mass is 988 g/mol. The van der Waals surface area contributed by atoms with Crippen molar-refractivity contribution >= 4 is 0 Å². The minimum absolute atomic E-state index is 0.242.